The number of nitrogens with one attached hydrogen (secondary N) is 2. The number of hydrogen-bond acceptors (Lipinski definition) is 2. The minimum atomic E-state index is -0.252. The molecule has 0 spiro atoms. The number of aromatic amines is 1. The van der Waals surface area contributed by atoms with Crippen LogP contribution in [0.4, 0.5) is 0 Å². The van der Waals surface area contributed by atoms with Crippen molar-refractivity contribution in [3.63, 3.8) is 0 Å². The van der Waals surface area contributed by atoms with E-state index < -0.39 is 0 Å². The maximum absolute atomic E-state index is 12.6. The summed E-state index contributed by atoms with van der Waals surface area (Å²) >= 11 is 12.0. The Morgan fingerprint density at radius 2 is 2.00 bits per heavy atom. The molecule has 0 aliphatic heterocycles. The first-order valence-electron chi connectivity index (χ1n) is 7.64. The molecule has 0 bridgehead atoms. The lowest BCUT2D eigenvalue weighted by molar-refractivity contribution is 0.0915. The highest BCUT2D eigenvalue weighted by molar-refractivity contribution is 6.41. The van der Waals surface area contributed by atoms with Crippen molar-refractivity contribution in [3.05, 3.63) is 52.0 Å². The van der Waals surface area contributed by atoms with Crippen LogP contribution in [0.3, 0.4) is 0 Å². The molecule has 7 heteroatoms. The van der Waals surface area contributed by atoms with Crippen molar-refractivity contribution in [2.75, 3.05) is 0 Å². The van der Waals surface area contributed by atoms with Crippen LogP contribution in [0.15, 0.2) is 30.3 Å². The van der Waals surface area contributed by atoms with Crippen LogP contribution in [0.5, 0.6) is 0 Å². The molecular weight excluding hydrogens is 347 g/mol. The van der Waals surface area contributed by atoms with Crippen molar-refractivity contribution in [1.82, 2.24) is 19.9 Å². The molecule has 126 valence electrons. The van der Waals surface area contributed by atoms with Crippen LogP contribution >= 0.6 is 23.2 Å². The minimum absolute atomic E-state index is 0.153. The fourth-order valence-electron chi connectivity index (χ4n) is 2.65. The van der Waals surface area contributed by atoms with E-state index in [1.54, 1.807) is 17.7 Å². The van der Waals surface area contributed by atoms with Crippen molar-refractivity contribution in [1.29, 1.82) is 0 Å². The fraction of sp³-hybridized carbons (Fsp3) is 0.294. The van der Waals surface area contributed by atoms with Gasteiger partial charge in [-0.15, -0.1) is 0 Å². The predicted octanol–water partition coefficient (Wildman–Crippen LogP) is 4.34. The number of carbonyl (C=O) groups is 1. The van der Waals surface area contributed by atoms with Crippen LogP contribution in [0, 0.1) is 5.92 Å². The number of halogens is 2. The average molecular weight is 365 g/mol. The molecule has 0 saturated carbocycles. The second kappa shape index (κ2) is 6.49. The lowest BCUT2D eigenvalue weighted by Gasteiger charge is -2.20. The molecule has 1 aromatic carbocycles. The SMILES string of the molecule is CC(C)[C@H](NC(=O)c1cc(Cl)c(Cl)n1C)c1nc2ccccc2[nH]1. The normalized spacial score (nSPS) is 12.8. The molecule has 3 rings (SSSR count). The zero-order valence-corrected chi connectivity index (χ0v) is 15.1. The summed E-state index contributed by atoms with van der Waals surface area (Å²) in [5.41, 5.74) is 2.22. The summed E-state index contributed by atoms with van der Waals surface area (Å²) in [5.74, 6) is 0.636. The number of para-hydroxylation sites is 2. The Bertz CT molecular complexity index is 864. The van der Waals surface area contributed by atoms with Gasteiger partial charge in [-0.05, 0) is 24.1 Å². The third kappa shape index (κ3) is 3.01. The van der Waals surface area contributed by atoms with E-state index in [-0.39, 0.29) is 17.9 Å². The fourth-order valence-corrected chi connectivity index (χ4v) is 3.02. The summed E-state index contributed by atoms with van der Waals surface area (Å²) < 4.78 is 1.56. The molecule has 0 saturated heterocycles. The number of amides is 1. The summed E-state index contributed by atoms with van der Waals surface area (Å²) in [4.78, 5) is 20.5. The van der Waals surface area contributed by atoms with Gasteiger partial charge in [0, 0.05) is 7.05 Å². The highest BCUT2D eigenvalue weighted by atomic mass is 35.5. The van der Waals surface area contributed by atoms with Crippen molar-refractivity contribution < 1.29 is 4.79 Å². The second-order valence-electron chi connectivity index (χ2n) is 6.06. The molecule has 1 atom stereocenters. The molecule has 0 aliphatic carbocycles. The molecule has 1 amide bonds. The van der Waals surface area contributed by atoms with Gasteiger partial charge in [0.2, 0.25) is 0 Å². The largest absolute Gasteiger partial charge is 0.341 e. The molecule has 5 nitrogen and oxygen atoms in total. The number of carbonyl (C=O) groups excluding carboxylic acids is 1. The Hall–Kier alpha value is -1.98. The van der Waals surface area contributed by atoms with E-state index in [9.17, 15) is 4.79 Å². The van der Waals surface area contributed by atoms with E-state index in [4.69, 9.17) is 23.2 Å². The molecule has 0 radical (unpaired) electrons. The number of aromatic nitrogens is 3. The Balaban J connectivity index is 1.91. The molecule has 2 N–H and O–H groups in total. The Morgan fingerprint density at radius 1 is 1.29 bits per heavy atom. The molecule has 0 fully saturated rings. The highest BCUT2D eigenvalue weighted by Crippen LogP contribution is 2.27. The number of hydrogen-bond donors (Lipinski definition) is 2. The lowest BCUT2D eigenvalue weighted by Crippen LogP contribution is -2.33. The van der Waals surface area contributed by atoms with E-state index >= 15 is 0 Å². The van der Waals surface area contributed by atoms with Gasteiger partial charge in [0.1, 0.15) is 16.7 Å². The van der Waals surface area contributed by atoms with Crippen molar-refractivity contribution in [2.45, 2.75) is 19.9 Å². The van der Waals surface area contributed by atoms with E-state index in [1.165, 1.54) is 0 Å². The van der Waals surface area contributed by atoms with Gasteiger partial charge in [0.15, 0.2) is 0 Å². The van der Waals surface area contributed by atoms with Gasteiger partial charge in [-0.25, -0.2) is 4.98 Å². The topological polar surface area (TPSA) is 62.7 Å². The Morgan fingerprint density at radius 3 is 2.58 bits per heavy atom. The third-order valence-corrected chi connectivity index (χ3v) is 4.85. The van der Waals surface area contributed by atoms with Crippen LogP contribution in [-0.2, 0) is 7.05 Å². The third-order valence-electron chi connectivity index (χ3n) is 4.00. The standard InChI is InChI=1S/C17H18Cl2N4O/c1-9(2)14(16-20-11-6-4-5-7-12(11)21-16)22-17(24)13-8-10(18)15(19)23(13)3/h4-9,14H,1-3H3,(H,20,21)(H,22,24)/t14-/m0/s1. The Kier molecular flexibility index (Phi) is 4.56. The summed E-state index contributed by atoms with van der Waals surface area (Å²) in [6.07, 6.45) is 0. The summed E-state index contributed by atoms with van der Waals surface area (Å²) in [6, 6.07) is 9.09. The number of imidazole rings is 1. The average Bonchev–Trinajstić information content (AvgIpc) is 3.08. The summed E-state index contributed by atoms with van der Waals surface area (Å²) in [5, 5.41) is 3.72. The first kappa shape index (κ1) is 16.9. The quantitative estimate of drug-likeness (QED) is 0.723. The number of rotatable bonds is 4. The molecule has 24 heavy (non-hydrogen) atoms. The Labute approximate surface area is 150 Å². The van der Waals surface area contributed by atoms with Crippen LogP contribution in [0.25, 0.3) is 11.0 Å². The first-order valence-corrected chi connectivity index (χ1v) is 8.40. The molecule has 0 aliphatic rings. The monoisotopic (exact) mass is 364 g/mol. The van der Waals surface area contributed by atoms with Gasteiger partial charge in [-0.1, -0.05) is 49.2 Å². The van der Waals surface area contributed by atoms with Crippen LogP contribution in [-0.4, -0.2) is 20.4 Å². The molecule has 2 aromatic heterocycles. The van der Waals surface area contributed by atoms with Gasteiger partial charge >= 0.3 is 0 Å². The van der Waals surface area contributed by atoms with E-state index in [0.717, 1.165) is 16.9 Å². The van der Waals surface area contributed by atoms with Crippen molar-refractivity contribution in [3.8, 4) is 0 Å². The molecular formula is C17H18Cl2N4O. The predicted molar refractivity (Wildman–Crippen MR) is 96.6 cm³/mol. The number of fused-ring (bicyclic) bond motifs is 1. The van der Waals surface area contributed by atoms with E-state index in [2.05, 4.69) is 15.3 Å². The van der Waals surface area contributed by atoms with Crippen LogP contribution in [0.2, 0.25) is 10.2 Å². The van der Waals surface area contributed by atoms with Gasteiger partial charge < -0.3 is 14.9 Å². The number of benzene rings is 1. The van der Waals surface area contributed by atoms with E-state index in [0.29, 0.717) is 15.9 Å². The number of H-pyrrole nitrogens is 1. The smallest absolute Gasteiger partial charge is 0.268 e. The van der Waals surface area contributed by atoms with Crippen LogP contribution in [0.1, 0.15) is 36.2 Å². The summed E-state index contributed by atoms with van der Waals surface area (Å²) in [7, 11) is 1.70. The zero-order valence-electron chi connectivity index (χ0n) is 13.6. The van der Waals surface area contributed by atoms with E-state index in [1.807, 2.05) is 38.1 Å². The van der Waals surface area contributed by atoms with Crippen LogP contribution < -0.4 is 5.32 Å². The first-order chi connectivity index (χ1) is 11.4. The maximum atomic E-state index is 12.6. The second-order valence-corrected chi connectivity index (χ2v) is 6.83. The van der Waals surface area contributed by atoms with Crippen molar-refractivity contribution in [2.24, 2.45) is 13.0 Å². The molecule has 2 heterocycles. The van der Waals surface area contributed by atoms with Crippen molar-refractivity contribution >= 4 is 40.1 Å². The number of nitrogens with zero attached hydrogens (tertiary/aromatic N) is 2. The van der Waals surface area contributed by atoms with Gasteiger partial charge in [-0.2, -0.15) is 0 Å². The molecule has 3 aromatic rings. The summed E-state index contributed by atoms with van der Waals surface area (Å²) in [6.45, 7) is 4.06. The minimum Gasteiger partial charge on any atom is -0.341 e. The van der Waals surface area contributed by atoms with Gasteiger partial charge in [0.25, 0.3) is 5.91 Å². The lowest BCUT2D eigenvalue weighted by atomic mass is 10.0. The zero-order chi connectivity index (χ0) is 17.4. The van der Waals surface area contributed by atoms with Gasteiger partial charge in [-0.3, -0.25) is 4.79 Å². The van der Waals surface area contributed by atoms with Gasteiger partial charge in [0.05, 0.1) is 22.1 Å². The molecule has 0 unspecified atom stereocenters. The highest BCUT2D eigenvalue weighted by Gasteiger charge is 2.24. The maximum Gasteiger partial charge on any atom is 0.268 e.